The summed E-state index contributed by atoms with van der Waals surface area (Å²) in [6.45, 7) is 0.584. The molecule has 0 saturated heterocycles. The van der Waals surface area contributed by atoms with Gasteiger partial charge in [-0.2, -0.15) is 4.39 Å². The minimum atomic E-state index is -0.0482. The van der Waals surface area contributed by atoms with E-state index in [0.717, 1.165) is 29.7 Å². The predicted molar refractivity (Wildman–Crippen MR) is 44.2 cm³/mol. The highest BCUT2D eigenvalue weighted by Crippen LogP contribution is 2.48. The van der Waals surface area contributed by atoms with Gasteiger partial charge in [0.15, 0.2) is 5.13 Å². The minimum Gasteiger partial charge on any atom is -0.330 e. The number of halogens is 1. The van der Waals surface area contributed by atoms with Gasteiger partial charge in [0, 0.05) is 17.5 Å². The second-order valence-corrected chi connectivity index (χ2v) is 3.96. The molecule has 0 atom stereocenters. The molecular weight excluding hydrogens is 161 g/mol. The van der Waals surface area contributed by atoms with Crippen molar-refractivity contribution in [1.29, 1.82) is 0 Å². The van der Waals surface area contributed by atoms with Crippen LogP contribution in [0.4, 0.5) is 4.39 Å². The van der Waals surface area contributed by atoms with Crippen LogP contribution in [0.15, 0.2) is 11.4 Å². The third kappa shape index (κ3) is 0.993. The van der Waals surface area contributed by atoms with Gasteiger partial charge in [0.25, 0.3) is 0 Å². The van der Waals surface area contributed by atoms with Crippen LogP contribution < -0.4 is 5.73 Å². The summed E-state index contributed by atoms with van der Waals surface area (Å²) in [5, 5.41) is 1.74. The van der Waals surface area contributed by atoms with Crippen LogP contribution in [0.5, 0.6) is 0 Å². The second kappa shape index (κ2) is 2.29. The topological polar surface area (TPSA) is 26.0 Å². The Kier molecular flexibility index (Phi) is 1.51. The molecule has 0 aromatic carbocycles. The van der Waals surface area contributed by atoms with Crippen LogP contribution in [0.3, 0.4) is 0 Å². The Morgan fingerprint density at radius 2 is 2.36 bits per heavy atom. The number of rotatable bonds is 2. The van der Waals surface area contributed by atoms with Gasteiger partial charge in [-0.25, -0.2) is 0 Å². The molecule has 0 aliphatic heterocycles. The van der Waals surface area contributed by atoms with Crippen molar-refractivity contribution < 1.29 is 4.39 Å². The molecule has 60 valence electrons. The van der Waals surface area contributed by atoms with Crippen molar-refractivity contribution in [3.63, 3.8) is 0 Å². The standard InChI is InChI=1S/C8H10FNS/c9-7-6(1-4-11-7)8(5-10)2-3-8/h1,4H,2-3,5,10H2. The molecule has 1 fully saturated rings. The predicted octanol–water partition coefficient (Wildman–Crippen LogP) is 1.88. The van der Waals surface area contributed by atoms with E-state index in [-0.39, 0.29) is 10.5 Å². The smallest absolute Gasteiger partial charge is 0.180 e. The summed E-state index contributed by atoms with van der Waals surface area (Å²) in [5.41, 5.74) is 6.42. The molecular formula is C8H10FNS. The largest absolute Gasteiger partial charge is 0.330 e. The van der Waals surface area contributed by atoms with Gasteiger partial charge in [-0.1, -0.05) is 0 Å². The molecule has 1 aliphatic carbocycles. The minimum absolute atomic E-state index is 0.0179. The van der Waals surface area contributed by atoms with E-state index in [1.54, 1.807) is 5.38 Å². The van der Waals surface area contributed by atoms with Crippen molar-refractivity contribution in [3.05, 3.63) is 22.1 Å². The van der Waals surface area contributed by atoms with Crippen molar-refractivity contribution >= 4 is 11.3 Å². The maximum atomic E-state index is 13.0. The first-order valence-electron chi connectivity index (χ1n) is 3.72. The molecule has 0 spiro atoms. The quantitative estimate of drug-likeness (QED) is 0.722. The average molecular weight is 171 g/mol. The molecule has 2 rings (SSSR count). The fourth-order valence-electron chi connectivity index (χ4n) is 1.41. The van der Waals surface area contributed by atoms with Crippen molar-refractivity contribution in [2.75, 3.05) is 6.54 Å². The van der Waals surface area contributed by atoms with E-state index in [0.29, 0.717) is 6.54 Å². The van der Waals surface area contributed by atoms with Crippen LogP contribution in [0.25, 0.3) is 0 Å². The summed E-state index contributed by atoms with van der Waals surface area (Å²) in [6.07, 6.45) is 2.11. The zero-order valence-corrected chi connectivity index (χ0v) is 6.96. The molecule has 1 saturated carbocycles. The lowest BCUT2D eigenvalue weighted by molar-refractivity contribution is 0.598. The monoisotopic (exact) mass is 171 g/mol. The Bertz CT molecular complexity index is 265. The van der Waals surface area contributed by atoms with Crippen molar-refractivity contribution in [3.8, 4) is 0 Å². The van der Waals surface area contributed by atoms with E-state index in [1.165, 1.54) is 0 Å². The van der Waals surface area contributed by atoms with Crippen LogP contribution in [-0.2, 0) is 5.41 Å². The average Bonchev–Trinajstić information content (AvgIpc) is 2.70. The van der Waals surface area contributed by atoms with Crippen LogP contribution in [0.2, 0.25) is 0 Å². The summed E-state index contributed by atoms with van der Waals surface area (Å²) in [5.74, 6) is 0. The van der Waals surface area contributed by atoms with Crippen molar-refractivity contribution in [1.82, 2.24) is 0 Å². The van der Waals surface area contributed by atoms with Gasteiger partial charge >= 0.3 is 0 Å². The summed E-state index contributed by atoms with van der Waals surface area (Å²) in [6, 6.07) is 1.86. The molecule has 11 heavy (non-hydrogen) atoms. The maximum Gasteiger partial charge on any atom is 0.180 e. The van der Waals surface area contributed by atoms with Crippen LogP contribution in [0, 0.1) is 5.13 Å². The molecule has 1 aromatic rings. The van der Waals surface area contributed by atoms with Gasteiger partial charge in [0.2, 0.25) is 0 Å². The summed E-state index contributed by atoms with van der Waals surface area (Å²) < 4.78 is 13.0. The highest BCUT2D eigenvalue weighted by molar-refractivity contribution is 7.08. The van der Waals surface area contributed by atoms with Crippen molar-refractivity contribution in [2.45, 2.75) is 18.3 Å². The molecule has 1 nitrogen and oxygen atoms in total. The zero-order valence-electron chi connectivity index (χ0n) is 6.14. The Balaban J connectivity index is 2.35. The normalized spacial score (nSPS) is 20.2. The third-order valence-corrected chi connectivity index (χ3v) is 3.13. The fraction of sp³-hybridized carbons (Fsp3) is 0.500. The Hall–Kier alpha value is -0.410. The second-order valence-electron chi connectivity index (χ2n) is 3.09. The van der Waals surface area contributed by atoms with Crippen molar-refractivity contribution in [2.24, 2.45) is 5.73 Å². The van der Waals surface area contributed by atoms with Gasteiger partial charge in [-0.15, -0.1) is 11.3 Å². The summed E-state index contributed by atoms with van der Waals surface area (Å²) >= 11 is 1.16. The molecule has 1 aliphatic rings. The summed E-state index contributed by atoms with van der Waals surface area (Å²) in [4.78, 5) is 0. The molecule has 1 aromatic heterocycles. The zero-order chi connectivity index (χ0) is 7.90. The fourth-order valence-corrected chi connectivity index (χ4v) is 2.15. The summed E-state index contributed by atoms with van der Waals surface area (Å²) in [7, 11) is 0. The van der Waals surface area contributed by atoms with Gasteiger partial charge in [-0.05, 0) is 24.3 Å². The van der Waals surface area contributed by atoms with Crippen LogP contribution in [0.1, 0.15) is 18.4 Å². The van der Waals surface area contributed by atoms with Gasteiger partial charge in [-0.3, -0.25) is 0 Å². The number of hydrogen-bond donors (Lipinski definition) is 1. The molecule has 0 radical (unpaired) electrons. The molecule has 1 heterocycles. The Morgan fingerprint density at radius 1 is 1.64 bits per heavy atom. The molecule has 2 N–H and O–H groups in total. The lowest BCUT2D eigenvalue weighted by Gasteiger charge is -2.09. The first-order chi connectivity index (χ1) is 5.28. The highest BCUT2D eigenvalue weighted by atomic mass is 32.1. The lowest BCUT2D eigenvalue weighted by Crippen LogP contribution is -2.19. The maximum absolute atomic E-state index is 13.0. The highest BCUT2D eigenvalue weighted by Gasteiger charge is 2.45. The van der Waals surface area contributed by atoms with E-state index >= 15 is 0 Å². The van der Waals surface area contributed by atoms with E-state index in [1.807, 2.05) is 6.07 Å². The van der Waals surface area contributed by atoms with Crippen LogP contribution >= 0.6 is 11.3 Å². The van der Waals surface area contributed by atoms with E-state index in [9.17, 15) is 4.39 Å². The molecule has 3 heteroatoms. The first kappa shape index (κ1) is 7.25. The van der Waals surface area contributed by atoms with Gasteiger partial charge in [0.1, 0.15) is 0 Å². The van der Waals surface area contributed by atoms with E-state index in [2.05, 4.69) is 0 Å². The SMILES string of the molecule is NCC1(c2ccsc2F)CC1. The van der Waals surface area contributed by atoms with Gasteiger partial charge in [0.05, 0.1) is 0 Å². The Morgan fingerprint density at radius 3 is 2.73 bits per heavy atom. The number of hydrogen-bond acceptors (Lipinski definition) is 2. The lowest BCUT2D eigenvalue weighted by atomic mass is 10.00. The van der Waals surface area contributed by atoms with Gasteiger partial charge < -0.3 is 5.73 Å². The molecule has 0 amide bonds. The Labute approximate surface area is 69.0 Å². The van der Waals surface area contributed by atoms with Crippen LogP contribution in [-0.4, -0.2) is 6.54 Å². The first-order valence-corrected chi connectivity index (χ1v) is 4.60. The molecule has 0 unspecified atom stereocenters. The van der Waals surface area contributed by atoms with E-state index < -0.39 is 0 Å². The third-order valence-electron chi connectivity index (χ3n) is 2.43. The number of thiophene rings is 1. The van der Waals surface area contributed by atoms with E-state index in [4.69, 9.17) is 5.73 Å². The number of nitrogens with two attached hydrogens (primary N) is 1. The molecule has 0 bridgehead atoms.